The monoisotopic (exact) mass is 393 g/mol. The Kier molecular flexibility index (Phi) is 5.12. The van der Waals surface area contributed by atoms with Crippen molar-refractivity contribution in [2.24, 2.45) is 0 Å². The molecule has 1 aromatic heterocycles. The van der Waals surface area contributed by atoms with Crippen LogP contribution >= 0.6 is 11.6 Å². The second kappa shape index (κ2) is 7.86. The topological polar surface area (TPSA) is 70.2 Å². The summed E-state index contributed by atoms with van der Waals surface area (Å²) in [5.41, 5.74) is 4.43. The van der Waals surface area contributed by atoms with Crippen molar-refractivity contribution < 1.29 is 4.79 Å². The van der Waals surface area contributed by atoms with E-state index in [4.69, 9.17) is 11.6 Å². The molecule has 0 spiro atoms. The number of fused-ring (bicyclic) bond motifs is 1. The van der Waals surface area contributed by atoms with Crippen molar-refractivity contribution in [3.05, 3.63) is 76.4 Å². The van der Waals surface area contributed by atoms with Gasteiger partial charge >= 0.3 is 6.03 Å². The van der Waals surface area contributed by atoms with Crippen LogP contribution in [0.2, 0.25) is 5.15 Å². The van der Waals surface area contributed by atoms with Gasteiger partial charge in [0.1, 0.15) is 11.0 Å². The molecule has 0 fully saturated rings. The van der Waals surface area contributed by atoms with Crippen LogP contribution in [0.15, 0.2) is 54.6 Å². The number of anilines is 3. The van der Waals surface area contributed by atoms with Crippen molar-refractivity contribution in [2.75, 3.05) is 22.1 Å². The van der Waals surface area contributed by atoms with Crippen molar-refractivity contribution in [2.45, 2.75) is 19.9 Å². The van der Waals surface area contributed by atoms with Gasteiger partial charge in [0.25, 0.3) is 0 Å². The molecule has 2 N–H and O–H groups in total. The fourth-order valence-corrected chi connectivity index (χ4v) is 3.37. The van der Waals surface area contributed by atoms with Crippen LogP contribution in [-0.4, -0.2) is 22.5 Å². The molecule has 3 aromatic rings. The summed E-state index contributed by atoms with van der Waals surface area (Å²) in [6.45, 7) is 3.51. The number of hydrogen-bond acceptors (Lipinski definition) is 4. The normalized spacial score (nSPS) is 13.0. The maximum Gasteiger partial charge on any atom is 0.324 e. The molecular formula is C21H20ClN5O. The highest BCUT2D eigenvalue weighted by Crippen LogP contribution is 2.24. The third-order valence-electron chi connectivity index (χ3n) is 4.65. The largest absolute Gasteiger partial charge is 0.336 e. The lowest BCUT2D eigenvalue weighted by Gasteiger charge is -2.29. The zero-order valence-electron chi connectivity index (χ0n) is 15.4. The highest BCUT2D eigenvalue weighted by Gasteiger charge is 2.19. The Labute approximate surface area is 168 Å². The molecule has 7 heteroatoms. The van der Waals surface area contributed by atoms with E-state index in [9.17, 15) is 4.79 Å². The average molecular weight is 394 g/mol. The Bertz CT molecular complexity index is 1010. The van der Waals surface area contributed by atoms with Crippen LogP contribution in [0, 0.1) is 6.92 Å². The Balaban J connectivity index is 1.48. The van der Waals surface area contributed by atoms with Crippen LogP contribution in [0.1, 0.15) is 16.7 Å². The Morgan fingerprint density at radius 2 is 1.79 bits per heavy atom. The third-order valence-corrected chi connectivity index (χ3v) is 4.84. The highest BCUT2D eigenvalue weighted by molar-refractivity contribution is 6.29. The van der Waals surface area contributed by atoms with Crippen LogP contribution < -0.4 is 15.5 Å². The van der Waals surface area contributed by atoms with E-state index in [1.54, 1.807) is 0 Å². The number of amides is 2. The van der Waals surface area contributed by atoms with Crippen LogP contribution in [-0.2, 0) is 13.0 Å². The van der Waals surface area contributed by atoms with Gasteiger partial charge in [-0.25, -0.2) is 9.78 Å². The van der Waals surface area contributed by atoms with Crippen molar-refractivity contribution in [3.63, 3.8) is 0 Å². The second-order valence-corrected chi connectivity index (χ2v) is 7.15. The fourth-order valence-electron chi connectivity index (χ4n) is 3.19. The number of nitrogens with zero attached hydrogens (tertiary/aromatic N) is 3. The molecule has 0 bridgehead atoms. The van der Waals surface area contributed by atoms with Gasteiger partial charge in [-0.3, -0.25) is 5.32 Å². The molecule has 28 heavy (non-hydrogen) atoms. The molecule has 0 saturated heterocycles. The summed E-state index contributed by atoms with van der Waals surface area (Å²) in [5, 5.41) is 5.80. The first-order chi connectivity index (χ1) is 13.6. The van der Waals surface area contributed by atoms with E-state index in [2.05, 4.69) is 43.7 Å². The van der Waals surface area contributed by atoms with E-state index < -0.39 is 0 Å². The summed E-state index contributed by atoms with van der Waals surface area (Å²) in [6, 6.07) is 17.1. The number of hydrogen-bond donors (Lipinski definition) is 2. The van der Waals surface area contributed by atoms with Gasteiger partial charge in [0.05, 0.1) is 0 Å². The maximum absolute atomic E-state index is 12.3. The highest BCUT2D eigenvalue weighted by atomic mass is 35.5. The summed E-state index contributed by atoms with van der Waals surface area (Å²) in [5.74, 6) is 0.867. The van der Waals surface area contributed by atoms with Gasteiger partial charge in [0.15, 0.2) is 0 Å². The van der Waals surface area contributed by atoms with E-state index in [0.29, 0.717) is 24.0 Å². The molecule has 2 amide bonds. The number of carbonyl (C=O) groups excluding carboxylic acids is 1. The SMILES string of the molecule is Cc1ccc(NC(=O)Nc2cc(Cl)nc(N3CCc4ccccc4C3)n2)cc1. The van der Waals surface area contributed by atoms with Crippen molar-refractivity contribution in [1.29, 1.82) is 0 Å². The van der Waals surface area contributed by atoms with Gasteiger partial charge < -0.3 is 10.2 Å². The number of carbonyl (C=O) groups is 1. The molecule has 0 atom stereocenters. The number of rotatable bonds is 3. The summed E-state index contributed by atoms with van der Waals surface area (Å²) in [6.07, 6.45) is 0.919. The summed E-state index contributed by atoms with van der Waals surface area (Å²) >= 11 is 6.18. The van der Waals surface area contributed by atoms with Gasteiger partial charge in [0, 0.05) is 24.8 Å². The van der Waals surface area contributed by atoms with E-state index in [-0.39, 0.29) is 11.2 Å². The lowest BCUT2D eigenvalue weighted by molar-refractivity contribution is 0.262. The first-order valence-electron chi connectivity index (χ1n) is 9.08. The smallest absolute Gasteiger partial charge is 0.324 e. The third kappa shape index (κ3) is 4.23. The number of aromatic nitrogens is 2. The zero-order valence-corrected chi connectivity index (χ0v) is 16.2. The van der Waals surface area contributed by atoms with E-state index >= 15 is 0 Å². The van der Waals surface area contributed by atoms with E-state index in [1.807, 2.05) is 37.3 Å². The lowest BCUT2D eigenvalue weighted by Crippen LogP contribution is -2.32. The Morgan fingerprint density at radius 1 is 1.04 bits per heavy atom. The van der Waals surface area contributed by atoms with Gasteiger partial charge in [-0.1, -0.05) is 53.6 Å². The van der Waals surface area contributed by atoms with Crippen molar-refractivity contribution in [3.8, 4) is 0 Å². The summed E-state index contributed by atoms with van der Waals surface area (Å²) in [7, 11) is 0. The Morgan fingerprint density at radius 3 is 2.57 bits per heavy atom. The van der Waals surface area contributed by atoms with Crippen LogP contribution in [0.5, 0.6) is 0 Å². The number of halogens is 1. The molecular weight excluding hydrogens is 374 g/mol. The predicted molar refractivity (Wildman–Crippen MR) is 112 cm³/mol. The fraction of sp³-hybridized carbons (Fsp3) is 0.190. The van der Waals surface area contributed by atoms with E-state index in [1.165, 1.54) is 17.2 Å². The quantitative estimate of drug-likeness (QED) is 0.636. The van der Waals surface area contributed by atoms with Gasteiger partial charge in [0.2, 0.25) is 5.95 Å². The summed E-state index contributed by atoms with van der Waals surface area (Å²) in [4.78, 5) is 23.2. The zero-order chi connectivity index (χ0) is 19.5. The minimum atomic E-state index is -0.381. The second-order valence-electron chi connectivity index (χ2n) is 6.76. The predicted octanol–water partition coefficient (Wildman–Crippen LogP) is 4.65. The molecule has 2 heterocycles. The standard InChI is InChI=1S/C21H20ClN5O/c1-14-6-8-17(9-7-14)23-21(28)26-19-12-18(22)24-20(25-19)27-11-10-15-4-2-3-5-16(15)13-27/h2-9,12H,10-11,13H2,1H3,(H2,23,24,25,26,28). The minimum Gasteiger partial charge on any atom is -0.336 e. The molecule has 1 aliphatic rings. The molecule has 142 valence electrons. The number of benzene rings is 2. The lowest BCUT2D eigenvalue weighted by atomic mass is 10.0. The Hall–Kier alpha value is -3.12. The molecule has 6 nitrogen and oxygen atoms in total. The molecule has 0 radical (unpaired) electrons. The first-order valence-corrected chi connectivity index (χ1v) is 9.45. The average Bonchev–Trinajstić information content (AvgIpc) is 2.69. The molecule has 4 rings (SSSR count). The number of nitrogens with one attached hydrogen (secondary N) is 2. The van der Waals surface area contributed by atoms with Crippen LogP contribution in [0.4, 0.5) is 22.2 Å². The summed E-state index contributed by atoms with van der Waals surface area (Å²) < 4.78 is 0. The maximum atomic E-state index is 12.3. The van der Waals surface area contributed by atoms with Crippen molar-refractivity contribution in [1.82, 2.24) is 9.97 Å². The van der Waals surface area contributed by atoms with Crippen LogP contribution in [0.3, 0.4) is 0 Å². The van der Waals surface area contributed by atoms with Gasteiger partial charge in [-0.2, -0.15) is 4.98 Å². The van der Waals surface area contributed by atoms with E-state index in [0.717, 1.165) is 18.5 Å². The number of aryl methyl sites for hydroxylation is 1. The van der Waals surface area contributed by atoms with Gasteiger partial charge in [-0.05, 0) is 36.6 Å². The molecule has 0 unspecified atom stereocenters. The van der Waals surface area contributed by atoms with Crippen molar-refractivity contribution >= 4 is 35.1 Å². The molecule has 0 aliphatic carbocycles. The minimum absolute atomic E-state index is 0.287. The van der Waals surface area contributed by atoms with Gasteiger partial charge in [-0.15, -0.1) is 0 Å². The first kappa shape index (κ1) is 18.3. The molecule has 2 aromatic carbocycles. The molecule has 0 saturated carbocycles. The molecule has 1 aliphatic heterocycles. The number of urea groups is 1. The van der Waals surface area contributed by atoms with Crippen LogP contribution in [0.25, 0.3) is 0 Å².